The Kier molecular flexibility index (Phi) is 14.3. The molecule has 9 heteroatoms. The van der Waals surface area contributed by atoms with E-state index in [0.717, 1.165) is 32.1 Å². The summed E-state index contributed by atoms with van der Waals surface area (Å²) in [6.45, 7) is 2.23. The molecule has 0 bridgehead atoms. The van der Waals surface area contributed by atoms with Gasteiger partial charge in [0.15, 0.2) is 5.78 Å². The standard InChI is InChI=1S/C12H24NO6P.Na/c1-2-3-4-5-6-7-8-13(16)12(15)9-11(14)10-20(17,18)19;/h16H,2-10H2,1H3,(H2,17,18,19);/q;+1/p-1. The first-order chi connectivity index (χ1) is 9.26. The Balaban J connectivity index is 0. The average Bonchev–Trinajstić information content (AvgIpc) is 2.30. The molecule has 1 atom stereocenters. The number of Topliss-reactive ketones (excluding diaryl/α,β-unsaturated/α-hetero) is 1. The molecule has 0 aromatic carbocycles. The topological polar surface area (TPSA) is 118 Å². The Bertz CT molecular complexity index is 360. The van der Waals surface area contributed by atoms with Crippen molar-refractivity contribution in [1.29, 1.82) is 0 Å². The zero-order valence-corrected chi connectivity index (χ0v) is 15.7. The number of ketones is 1. The van der Waals surface area contributed by atoms with Crippen LogP contribution >= 0.6 is 7.60 Å². The van der Waals surface area contributed by atoms with E-state index in [2.05, 4.69) is 6.92 Å². The van der Waals surface area contributed by atoms with Gasteiger partial charge in [0.25, 0.3) is 5.91 Å². The molecule has 0 saturated heterocycles. The zero-order chi connectivity index (χ0) is 15.6. The molecule has 118 valence electrons. The van der Waals surface area contributed by atoms with Crippen LogP contribution in [0.3, 0.4) is 0 Å². The first-order valence-corrected chi connectivity index (χ1v) is 8.56. The molecule has 7 nitrogen and oxygen atoms in total. The van der Waals surface area contributed by atoms with Crippen LogP contribution in [0, 0.1) is 0 Å². The van der Waals surface area contributed by atoms with E-state index in [1.807, 2.05) is 0 Å². The third kappa shape index (κ3) is 14.9. The SMILES string of the molecule is CCCCCCCCN(O)C(=O)CC(=O)CP(=O)([O-])O.[Na+]. The van der Waals surface area contributed by atoms with Crippen molar-refractivity contribution < 1.29 is 58.7 Å². The van der Waals surface area contributed by atoms with Crippen LogP contribution < -0.4 is 34.5 Å². The predicted molar refractivity (Wildman–Crippen MR) is 71.2 cm³/mol. The maximum absolute atomic E-state index is 11.4. The van der Waals surface area contributed by atoms with Gasteiger partial charge in [0.2, 0.25) is 0 Å². The van der Waals surface area contributed by atoms with E-state index in [4.69, 9.17) is 4.89 Å². The van der Waals surface area contributed by atoms with Crippen molar-refractivity contribution in [2.75, 3.05) is 12.7 Å². The van der Waals surface area contributed by atoms with Gasteiger partial charge in [-0.25, -0.2) is 5.06 Å². The summed E-state index contributed by atoms with van der Waals surface area (Å²) in [6, 6.07) is 0. The number of hydrogen-bond donors (Lipinski definition) is 2. The molecule has 21 heavy (non-hydrogen) atoms. The molecule has 0 rings (SSSR count). The van der Waals surface area contributed by atoms with Gasteiger partial charge in [0.1, 0.15) is 7.60 Å². The smallest absolute Gasteiger partial charge is 0.778 e. The molecular formula is C12H23NNaO6P. The molecule has 2 N–H and O–H groups in total. The fraction of sp³-hybridized carbons (Fsp3) is 0.833. The van der Waals surface area contributed by atoms with Gasteiger partial charge in [0.05, 0.1) is 12.6 Å². The van der Waals surface area contributed by atoms with E-state index in [9.17, 15) is 24.3 Å². The molecule has 0 aliphatic rings. The molecule has 1 unspecified atom stereocenters. The Morgan fingerprint density at radius 3 is 2.19 bits per heavy atom. The van der Waals surface area contributed by atoms with Gasteiger partial charge in [-0.15, -0.1) is 0 Å². The second-order valence-electron chi connectivity index (χ2n) is 4.80. The van der Waals surface area contributed by atoms with E-state index >= 15 is 0 Å². The van der Waals surface area contributed by atoms with Crippen molar-refractivity contribution in [2.45, 2.75) is 51.9 Å². The number of carbonyl (C=O) groups excluding carboxylic acids is 2. The molecule has 0 aliphatic heterocycles. The molecule has 0 saturated carbocycles. The molecule has 0 aliphatic carbocycles. The van der Waals surface area contributed by atoms with Crippen molar-refractivity contribution in [3.8, 4) is 0 Å². The Morgan fingerprint density at radius 1 is 1.14 bits per heavy atom. The summed E-state index contributed by atoms with van der Waals surface area (Å²) >= 11 is 0. The summed E-state index contributed by atoms with van der Waals surface area (Å²) in [5, 5.41) is 9.82. The van der Waals surface area contributed by atoms with Crippen LogP contribution in [0.1, 0.15) is 51.9 Å². The Hall–Kier alpha value is 0.250. The van der Waals surface area contributed by atoms with Gasteiger partial charge in [-0.1, -0.05) is 39.0 Å². The van der Waals surface area contributed by atoms with Crippen molar-refractivity contribution in [3.63, 3.8) is 0 Å². The molecule has 0 radical (unpaired) electrons. The van der Waals surface area contributed by atoms with E-state index in [-0.39, 0.29) is 36.1 Å². The third-order valence-electron chi connectivity index (χ3n) is 2.74. The quantitative estimate of drug-likeness (QED) is 0.114. The minimum atomic E-state index is -4.70. The van der Waals surface area contributed by atoms with Crippen molar-refractivity contribution >= 4 is 19.3 Å². The minimum absolute atomic E-state index is 0. The number of hydrogen-bond acceptors (Lipinski definition) is 5. The molecule has 1 amide bonds. The van der Waals surface area contributed by atoms with Crippen molar-refractivity contribution in [2.24, 2.45) is 0 Å². The van der Waals surface area contributed by atoms with E-state index in [1.165, 1.54) is 0 Å². The van der Waals surface area contributed by atoms with Gasteiger partial charge < -0.3 is 14.4 Å². The van der Waals surface area contributed by atoms with Crippen LogP contribution in [0.5, 0.6) is 0 Å². The summed E-state index contributed by atoms with van der Waals surface area (Å²) in [4.78, 5) is 41.5. The molecule has 0 aromatic rings. The summed E-state index contributed by atoms with van der Waals surface area (Å²) in [6.07, 6.45) is 4.14. The van der Waals surface area contributed by atoms with Gasteiger partial charge in [-0.2, -0.15) is 0 Å². The van der Waals surface area contributed by atoms with Gasteiger partial charge in [-0.3, -0.25) is 14.8 Å². The predicted octanol–water partition coefficient (Wildman–Crippen LogP) is -1.93. The zero-order valence-electron chi connectivity index (χ0n) is 12.8. The normalized spacial score (nSPS) is 13.1. The van der Waals surface area contributed by atoms with E-state index < -0.39 is 31.9 Å². The second kappa shape index (κ2) is 12.8. The number of unbranched alkanes of at least 4 members (excludes halogenated alkanes) is 5. The minimum Gasteiger partial charge on any atom is -0.778 e. The van der Waals surface area contributed by atoms with Crippen LogP contribution in [0.15, 0.2) is 0 Å². The van der Waals surface area contributed by atoms with Crippen LogP contribution in [-0.2, 0) is 14.2 Å². The van der Waals surface area contributed by atoms with Gasteiger partial charge >= 0.3 is 29.6 Å². The van der Waals surface area contributed by atoms with E-state index in [0.29, 0.717) is 11.5 Å². The Morgan fingerprint density at radius 2 is 1.67 bits per heavy atom. The van der Waals surface area contributed by atoms with Crippen LogP contribution in [0.4, 0.5) is 0 Å². The van der Waals surface area contributed by atoms with Crippen LogP contribution in [0.25, 0.3) is 0 Å². The molecule has 0 fully saturated rings. The van der Waals surface area contributed by atoms with Gasteiger partial charge in [0, 0.05) is 6.54 Å². The molecule has 0 aromatic heterocycles. The fourth-order valence-corrected chi connectivity index (χ4v) is 2.26. The molecule has 0 heterocycles. The maximum atomic E-state index is 11.4. The summed E-state index contributed by atoms with van der Waals surface area (Å²) in [7, 11) is -4.70. The average molecular weight is 331 g/mol. The number of nitrogens with zero attached hydrogens (tertiary/aromatic N) is 1. The molecule has 0 spiro atoms. The first kappa shape index (κ1) is 23.5. The number of amides is 1. The van der Waals surface area contributed by atoms with Crippen LogP contribution in [0.2, 0.25) is 0 Å². The third-order valence-corrected chi connectivity index (χ3v) is 3.49. The first-order valence-electron chi connectivity index (χ1n) is 6.80. The monoisotopic (exact) mass is 331 g/mol. The summed E-state index contributed by atoms with van der Waals surface area (Å²) in [5.41, 5.74) is 0. The number of carbonyl (C=O) groups is 2. The summed E-state index contributed by atoms with van der Waals surface area (Å²) < 4.78 is 10.5. The van der Waals surface area contributed by atoms with Crippen LogP contribution in [-0.4, -0.2) is 39.6 Å². The second-order valence-corrected chi connectivity index (χ2v) is 6.39. The van der Waals surface area contributed by atoms with Crippen molar-refractivity contribution in [1.82, 2.24) is 5.06 Å². The van der Waals surface area contributed by atoms with Crippen molar-refractivity contribution in [3.05, 3.63) is 0 Å². The number of hydroxylamine groups is 2. The largest absolute Gasteiger partial charge is 1.00 e. The fourth-order valence-electron chi connectivity index (χ4n) is 1.71. The number of rotatable bonds is 11. The summed E-state index contributed by atoms with van der Waals surface area (Å²) in [5.74, 6) is -1.78. The van der Waals surface area contributed by atoms with Gasteiger partial charge in [-0.05, 0) is 6.42 Å². The maximum Gasteiger partial charge on any atom is 1.00 e. The van der Waals surface area contributed by atoms with E-state index in [1.54, 1.807) is 0 Å². The molecular weight excluding hydrogens is 308 g/mol. The Labute approximate surface area is 147 Å².